The first-order valence-corrected chi connectivity index (χ1v) is 15.3. The number of rotatable bonds is 2. The van der Waals surface area contributed by atoms with Crippen LogP contribution in [-0.2, 0) is 23.9 Å². The lowest BCUT2D eigenvalue weighted by Gasteiger charge is -2.49. The third kappa shape index (κ3) is 4.80. The molecule has 3 aliphatic carbocycles. The standard InChI is InChI=1S/C34H42O5/c1-4-22-12-6-5-10-20(3)32(36)28-17-26-23-13-8-14-24(23)29-16-25(21-11-7-9-19(2)15-21)34(37)39-33(29)31(26)27(28)18-30(35)38-22/h7,9,11,15-17,20,22-24,26-27,29,31,33H,4-6,8,10,12-14,18H2,1-3H3/t20-,22+,23-,24?,26?,27-,29?,31-,33?/m1/s1. The number of carbonyl (C=O) groups excluding carboxylic acids is 3. The molecule has 1 saturated heterocycles. The summed E-state index contributed by atoms with van der Waals surface area (Å²) in [6, 6.07) is 8.06. The summed E-state index contributed by atoms with van der Waals surface area (Å²) in [5, 5.41) is 0. The lowest BCUT2D eigenvalue weighted by molar-refractivity contribution is -0.161. The Kier molecular flexibility index (Phi) is 7.28. The summed E-state index contributed by atoms with van der Waals surface area (Å²) in [5.74, 6) is 0.428. The van der Waals surface area contributed by atoms with E-state index in [1.54, 1.807) is 0 Å². The number of ether oxygens (including phenoxy) is 2. The Morgan fingerprint density at radius 3 is 2.44 bits per heavy atom. The van der Waals surface area contributed by atoms with Crippen molar-refractivity contribution in [2.45, 2.75) is 90.8 Å². The largest absolute Gasteiger partial charge is 0.462 e. The fourth-order valence-corrected chi connectivity index (χ4v) is 8.61. The van der Waals surface area contributed by atoms with E-state index in [1.165, 1.54) is 0 Å². The molecule has 208 valence electrons. The number of carbonyl (C=O) groups is 3. The number of ketones is 1. The number of hydrogen-bond donors (Lipinski definition) is 0. The van der Waals surface area contributed by atoms with Crippen molar-refractivity contribution in [1.29, 1.82) is 0 Å². The van der Waals surface area contributed by atoms with Gasteiger partial charge >= 0.3 is 11.9 Å². The molecule has 2 heterocycles. The maximum atomic E-state index is 13.9. The minimum atomic E-state index is -0.319. The zero-order valence-electron chi connectivity index (χ0n) is 23.6. The number of aryl methyl sites for hydroxylation is 1. The fourth-order valence-electron chi connectivity index (χ4n) is 8.61. The third-order valence-corrected chi connectivity index (χ3v) is 10.5. The van der Waals surface area contributed by atoms with Gasteiger partial charge in [-0.3, -0.25) is 9.59 Å². The molecule has 2 saturated carbocycles. The first-order valence-electron chi connectivity index (χ1n) is 15.3. The molecule has 2 aliphatic heterocycles. The molecule has 0 N–H and O–H groups in total. The van der Waals surface area contributed by atoms with Gasteiger partial charge in [-0.25, -0.2) is 4.79 Å². The number of fused-ring (bicyclic) bond motifs is 8. The highest BCUT2D eigenvalue weighted by molar-refractivity contribution is 6.17. The fraction of sp³-hybridized carbons (Fsp3) is 0.618. The smallest absolute Gasteiger partial charge is 0.338 e. The lowest BCUT2D eigenvalue weighted by atomic mass is 9.59. The molecule has 9 atom stereocenters. The minimum absolute atomic E-state index is 0.0599. The second kappa shape index (κ2) is 10.7. The molecule has 1 aromatic carbocycles. The SMILES string of the molecule is CC[C@H]1CCCC[C@@H](C)C(=O)C2=CC3[C@@H]4CCCC4C4C=C(c5cccc(C)c5)C(=O)OC4[C@H]3[C@@H]2CC(=O)O1. The van der Waals surface area contributed by atoms with Crippen LogP contribution in [0.1, 0.15) is 82.8 Å². The van der Waals surface area contributed by atoms with Gasteiger partial charge in [0.25, 0.3) is 0 Å². The maximum Gasteiger partial charge on any atom is 0.338 e. The van der Waals surface area contributed by atoms with Crippen molar-refractivity contribution in [3.63, 3.8) is 0 Å². The van der Waals surface area contributed by atoms with Crippen molar-refractivity contribution in [1.82, 2.24) is 0 Å². The van der Waals surface area contributed by atoms with Crippen LogP contribution in [0.25, 0.3) is 5.57 Å². The normalized spacial score (nSPS) is 38.5. The van der Waals surface area contributed by atoms with E-state index in [2.05, 4.69) is 19.1 Å². The van der Waals surface area contributed by atoms with Crippen LogP contribution in [0.2, 0.25) is 0 Å². The van der Waals surface area contributed by atoms with E-state index < -0.39 is 0 Å². The first kappa shape index (κ1) is 26.5. The molecular weight excluding hydrogens is 488 g/mol. The van der Waals surface area contributed by atoms with Gasteiger partial charge in [0.05, 0.1) is 12.0 Å². The van der Waals surface area contributed by atoms with Gasteiger partial charge in [-0.15, -0.1) is 0 Å². The minimum Gasteiger partial charge on any atom is -0.462 e. The van der Waals surface area contributed by atoms with E-state index in [0.29, 0.717) is 17.4 Å². The number of Topliss-reactive ketones (excluding diaryl/α,β-unsaturated/α-hetero) is 1. The van der Waals surface area contributed by atoms with Crippen LogP contribution in [-0.4, -0.2) is 29.9 Å². The summed E-state index contributed by atoms with van der Waals surface area (Å²) in [5.41, 5.74) is 3.48. The van der Waals surface area contributed by atoms with E-state index >= 15 is 0 Å². The average Bonchev–Trinajstić information content (AvgIpc) is 3.54. The first-order chi connectivity index (χ1) is 18.9. The van der Waals surface area contributed by atoms with Gasteiger partial charge in [-0.1, -0.05) is 68.7 Å². The summed E-state index contributed by atoms with van der Waals surface area (Å²) in [7, 11) is 0. The van der Waals surface area contributed by atoms with E-state index in [9.17, 15) is 14.4 Å². The second-order valence-corrected chi connectivity index (χ2v) is 12.8. The number of cyclic esters (lactones) is 1. The van der Waals surface area contributed by atoms with Crippen molar-refractivity contribution in [2.75, 3.05) is 0 Å². The molecule has 0 amide bonds. The van der Waals surface area contributed by atoms with Crippen LogP contribution in [0.3, 0.4) is 0 Å². The van der Waals surface area contributed by atoms with E-state index in [1.807, 2.05) is 38.1 Å². The molecule has 0 aromatic heterocycles. The maximum absolute atomic E-state index is 13.9. The highest BCUT2D eigenvalue weighted by Gasteiger charge is 2.59. The summed E-state index contributed by atoms with van der Waals surface area (Å²) in [4.78, 5) is 40.7. The topological polar surface area (TPSA) is 69.7 Å². The second-order valence-electron chi connectivity index (χ2n) is 12.8. The molecular formula is C34H42O5. The Bertz CT molecular complexity index is 1210. The van der Waals surface area contributed by atoms with E-state index in [-0.39, 0.29) is 65.9 Å². The zero-order valence-corrected chi connectivity index (χ0v) is 23.6. The summed E-state index contributed by atoms with van der Waals surface area (Å²) >= 11 is 0. The van der Waals surface area contributed by atoms with Crippen molar-refractivity contribution in [3.8, 4) is 0 Å². The van der Waals surface area contributed by atoms with Gasteiger partial charge in [-0.05, 0) is 74.3 Å². The van der Waals surface area contributed by atoms with E-state index in [4.69, 9.17) is 9.47 Å². The molecule has 5 heteroatoms. The number of allylic oxidation sites excluding steroid dienone is 2. The summed E-state index contributed by atoms with van der Waals surface area (Å²) in [6.45, 7) is 6.15. The molecule has 4 unspecified atom stereocenters. The van der Waals surface area contributed by atoms with Gasteiger partial charge in [0.15, 0.2) is 5.78 Å². The van der Waals surface area contributed by atoms with Crippen LogP contribution in [0, 0.1) is 48.3 Å². The highest BCUT2D eigenvalue weighted by Crippen LogP contribution is 2.60. The molecule has 0 bridgehead atoms. The molecule has 5 aliphatic rings. The molecule has 6 rings (SSSR count). The molecule has 1 aromatic rings. The summed E-state index contributed by atoms with van der Waals surface area (Å²) < 4.78 is 12.3. The molecule has 0 radical (unpaired) electrons. The molecule has 39 heavy (non-hydrogen) atoms. The van der Waals surface area contributed by atoms with Crippen LogP contribution >= 0.6 is 0 Å². The van der Waals surface area contributed by atoms with Crippen molar-refractivity contribution in [3.05, 3.63) is 53.1 Å². The van der Waals surface area contributed by atoms with Crippen molar-refractivity contribution < 1.29 is 23.9 Å². The predicted molar refractivity (Wildman–Crippen MR) is 149 cm³/mol. The van der Waals surface area contributed by atoms with Crippen LogP contribution in [0.4, 0.5) is 0 Å². The number of benzene rings is 1. The Morgan fingerprint density at radius 1 is 0.897 bits per heavy atom. The Labute approximate surface area is 232 Å². The van der Waals surface area contributed by atoms with Gasteiger partial charge in [0, 0.05) is 23.7 Å². The number of hydrogen-bond acceptors (Lipinski definition) is 5. The monoisotopic (exact) mass is 530 g/mol. The van der Waals surface area contributed by atoms with Gasteiger partial charge in [0.1, 0.15) is 12.2 Å². The third-order valence-electron chi connectivity index (χ3n) is 10.5. The van der Waals surface area contributed by atoms with Crippen LogP contribution in [0.15, 0.2) is 42.0 Å². The predicted octanol–water partition coefficient (Wildman–Crippen LogP) is 6.63. The Hall–Kier alpha value is -2.69. The molecule has 0 spiro atoms. The molecule has 5 nitrogen and oxygen atoms in total. The van der Waals surface area contributed by atoms with Crippen molar-refractivity contribution in [2.24, 2.45) is 41.4 Å². The lowest BCUT2D eigenvalue weighted by Crippen LogP contribution is -2.51. The average molecular weight is 531 g/mol. The Morgan fingerprint density at radius 2 is 1.67 bits per heavy atom. The van der Waals surface area contributed by atoms with E-state index in [0.717, 1.165) is 68.1 Å². The highest BCUT2D eigenvalue weighted by atomic mass is 16.5. The van der Waals surface area contributed by atoms with Crippen LogP contribution in [0.5, 0.6) is 0 Å². The van der Waals surface area contributed by atoms with Crippen molar-refractivity contribution >= 4 is 23.3 Å². The van der Waals surface area contributed by atoms with Gasteiger partial charge in [-0.2, -0.15) is 0 Å². The van der Waals surface area contributed by atoms with Gasteiger partial charge < -0.3 is 9.47 Å². The van der Waals surface area contributed by atoms with Crippen LogP contribution < -0.4 is 0 Å². The number of esters is 2. The zero-order chi connectivity index (χ0) is 27.3. The molecule has 3 fully saturated rings. The Balaban J connectivity index is 1.39. The quantitative estimate of drug-likeness (QED) is 0.402. The van der Waals surface area contributed by atoms with Gasteiger partial charge in [0.2, 0.25) is 0 Å². The summed E-state index contributed by atoms with van der Waals surface area (Å²) in [6.07, 6.45) is 12.0.